The molecule has 5 aliphatic heterocycles. The Morgan fingerprint density at radius 3 is 2.46 bits per heavy atom. The Bertz CT molecular complexity index is 1850. The monoisotopic (exact) mass is 1060 g/mol. The molecule has 74 heavy (non-hydrogen) atoms. The highest BCUT2D eigenvalue weighted by Gasteiger charge is 2.49. The van der Waals surface area contributed by atoms with Crippen LogP contribution >= 0.6 is 11.8 Å². The van der Waals surface area contributed by atoms with E-state index in [4.69, 9.17) is 18.9 Å². The summed E-state index contributed by atoms with van der Waals surface area (Å²) in [7, 11) is 0. The highest BCUT2D eigenvalue weighted by atomic mass is 32.2. The molecule has 2 amide bonds. The number of nitrogens with one attached hydrogen (secondary N) is 9. The quantitative estimate of drug-likeness (QED) is 0.0374. The first-order valence-electron chi connectivity index (χ1n) is 28.0. The second-order valence-corrected chi connectivity index (χ2v) is 23.8. The fraction of sp³-hybridized carbons (Fsp3) is 0.830. The number of carbonyl (C=O) groups excluding carboxylic acids is 3. The van der Waals surface area contributed by atoms with E-state index < -0.39 is 29.0 Å². The molecule has 7 unspecified atom stereocenters. The first-order chi connectivity index (χ1) is 35.8. The maximum absolute atomic E-state index is 13.6. The number of carbonyl (C=O) groups is 3. The molecular formula is C53H94N12O8S. The van der Waals surface area contributed by atoms with Gasteiger partial charge in [-0.1, -0.05) is 71.7 Å². The molecule has 0 radical (unpaired) electrons. The zero-order chi connectivity index (χ0) is 52.5. The van der Waals surface area contributed by atoms with Crippen molar-refractivity contribution in [3.8, 4) is 0 Å². The predicted molar refractivity (Wildman–Crippen MR) is 288 cm³/mol. The molecule has 20 nitrogen and oxygen atoms in total. The van der Waals surface area contributed by atoms with Gasteiger partial charge in [-0.05, 0) is 80.4 Å². The summed E-state index contributed by atoms with van der Waals surface area (Å²) < 4.78 is 23.2. The van der Waals surface area contributed by atoms with Crippen LogP contribution in [0.25, 0.3) is 0 Å². The molecule has 5 heterocycles. The lowest BCUT2D eigenvalue weighted by atomic mass is 9.73. The van der Waals surface area contributed by atoms with Gasteiger partial charge < -0.3 is 50.1 Å². The fourth-order valence-electron chi connectivity index (χ4n) is 11.7. The lowest BCUT2D eigenvalue weighted by Gasteiger charge is -2.45. The van der Waals surface area contributed by atoms with Gasteiger partial charge in [0.2, 0.25) is 11.8 Å². The van der Waals surface area contributed by atoms with Crippen LogP contribution in [0.2, 0.25) is 0 Å². The molecular weight excluding hydrogens is 965 g/mol. The number of amides is 2. The lowest BCUT2D eigenvalue weighted by Crippen LogP contribution is -2.66. The molecule has 1 aromatic carbocycles. The summed E-state index contributed by atoms with van der Waals surface area (Å²) in [5.74, 6) is 1.69. The number of nitrogens with zero attached hydrogens (tertiary/aromatic N) is 3. The molecule has 5 saturated heterocycles. The number of fused-ring (bicyclic) bond motifs is 1. The molecule has 0 aromatic heterocycles. The molecule has 21 heteroatoms. The van der Waals surface area contributed by atoms with E-state index in [1.54, 1.807) is 4.90 Å². The molecule has 0 spiro atoms. The van der Waals surface area contributed by atoms with Gasteiger partial charge in [0.1, 0.15) is 18.4 Å². The number of hydrogen-bond donors (Lipinski definition) is 10. The fourth-order valence-corrected chi connectivity index (χ4v) is 12.9. The molecule has 1 aromatic rings. The maximum Gasteiger partial charge on any atom is 0.246 e. The van der Waals surface area contributed by atoms with E-state index in [0.29, 0.717) is 94.4 Å². The minimum Gasteiger partial charge on any atom is -0.392 e. The lowest BCUT2D eigenvalue weighted by molar-refractivity contribution is -0.135. The third kappa shape index (κ3) is 17.0. The number of hydrazine groups is 3. The number of likely N-dealkylation sites (tertiary alicyclic amines) is 1. The molecule has 0 bridgehead atoms. The van der Waals surface area contributed by atoms with E-state index in [1.807, 2.05) is 44.7 Å². The number of rotatable bonds is 31. The molecule has 6 aliphatic rings. The van der Waals surface area contributed by atoms with Gasteiger partial charge >= 0.3 is 0 Å². The summed E-state index contributed by atoms with van der Waals surface area (Å²) in [5, 5.41) is 36.7. The van der Waals surface area contributed by atoms with E-state index in [1.165, 1.54) is 44.1 Å². The van der Waals surface area contributed by atoms with Crippen molar-refractivity contribution in [3.05, 3.63) is 35.4 Å². The van der Waals surface area contributed by atoms with Gasteiger partial charge in [0.25, 0.3) is 0 Å². The van der Waals surface area contributed by atoms with E-state index in [-0.39, 0.29) is 44.7 Å². The van der Waals surface area contributed by atoms with Crippen LogP contribution in [0.4, 0.5) is 0 Å². The van der Waals surface area contributed by atoms with Gasteiger partial charge in [-0.2, -0.15) is 5.53 Å². The number of hydrogen-bond acceptors (Lipinski definition) is 19. The van der Waals surface area contributed by atoms with Crippen LogP contribution in [-0.4, -0.2) is 197 Å². The Labute approximate surface area is 446 Å². The topological polar surface area (TPSA) is 226 Å². The Kier molecular flexibility index (Phi) is 23.6. The van der Waals surface area contributed by atoms with Crippen molar-refractivity contribution >= 4 is 29.9 Å². The van der Waals surface area contributed by atoms with Crippen LogP contribution in [0.1, 0.15) is 109 Å². The van der Waals surface area contributed by atoms with E-state index in [9.17, 15) is 19.5 Å². The van der Waals surface area contributed by atoms with Crippen molar-refractivity contribution in [2.75, 3.05) is 105 Å². The molecule has 6 fully saturated rings. The van der Waals surface area contributed by atoms with Crippen LogP contribution in [0.15, 0.2) is 24.3 Å². The van der Waals surface area contributed by atoms with Crippen molar-refractivity contribution in [1.29, 1.82) is 0 Å². The molecule has 420 valence electrons. The number of aldehydes is 1. The number of ether oxygens (including phenoxy) is 4. The third-order valence-corrected chi connectivity index (χ3v) is 17.7. The highest BCUT2D eigenvalue weighted by molar-refractivity contribution is 7.99. The Balaban J connectivity index is 0.688. The van der Waals surface area contributed by atoms with Gasteiger partial charge in [-0.3, -0.25) is 30.5 Å². The summed E-state index contributed by atoms with van der Waals surface area (Å²) in [6.07, 6.45) is 9.62. The van der Waals surface area contributed by atoms with Crippen molar-refractivity contribution in [3.63, 3.8) is 0 Å². The van der Waals surface area contributed by atoms with Crippen molar-refractivity contribution < 1.29 is 38.4 Å². The van der Waals surface area contributed by atoms with E-state index >= 15 is 0 Å². The van der Waals surface area contributed by atoms with Gasteiger partial charge in [-0.15, -0.1) is 11.8 Å². The molecule has 7 rings (SSSR count). The first kappa shape index (κ1) is 59.2. The Morgan fingerprint density at radius 1 is 0.946 bits per heavy atom. The van der Waals surface area contributed by atoms with Gasteiger partial charge in [-0.25, -0.2) is 15.4 Å². The number of aliphatic hydroxyl groups excluding tert-OH is 1. The summed E-state index contributed by atoms with van der Waals surface area (Å²) in [6, 6.07) is 9.29. The molecule has 10 N–H and O–H groups in total. The van der Waals surface area contributed by atoms with Crippen LogP contribution in [-0.2, 0) is 39.9 Å². The average Bonchev–Trinajstić information content (AvgIpc) is 4.26. The van der Waals surface area contributed by atoms with Gasteiger partial charge in [0.05, 0.1) is 76.8 Å². The van der Waals surface area contributed by atoms with Crippen LogP contribution in [0, 0.1) is 17.3 Å². The summed E-state index contributed by atoms with van der Waals surface area (Å²) in [4.78, 5) is 41.6. The normalized spacial score (nSPS) is 29.8. The number of thioether (sulfide) groups is 1. The van der Waals surface area contributed by atoms with Gasteiger partial charge in [0.15, 0.2) is 0 Å². The van der Waals surface area contributed by atoms with Crippen molar-refractivity contribution in [2.45, 2.75) is 159 Å². The second kappa shape index (κ2) is 29.5. The summed E-state index contributed by atoms with van der Waals surface area (Å²) >= 11 is 1.89. The maximum atomic E-state index is 13.6. The number of aliphatic hydroxyl groups is 1. The molecule has 11 atom stereocenters. The first-order valence-corrected chi connectivity index (χ1v) is 29.1. The van der Waals surface area contributed by atoms with Crippen LogP contribution < -0.4 is 48.3 Å². The minimum absolute atomic E-state index is 0.0537. The van der Waals surface area contributed by atoms with Crippen molar-refractivity contribution in [1.82, 2.24) is 63.2 Å². The summed E-state index contributed by atoms with van der Waals surface area (Å²) in [6.45, 7) is 20.5. The zero-order valence-corrected chi connectivity index (χ0v) is 46.3. The van der Waals surface area contributed by atoms with Gasteiger partial charge in [0, 0.05) is 75.1 Å². The largest absolute Gasteiger partial charge is 0.392 e. The van der Waals surface area contributed by atoms with E-state index in [2.05, 4.69) is 91.2 Å². The highest BCUT2D eigenvalue weighted by Crippen LogP contribution is 2.37. The third-order valence-electron chi connectivity index (χ3n) is 16.3. The molecule has 1 saturated carbocycles. The SMILES string of the molecule is CCC(CC)C1CC(N[C@H]2CCC(CNCCOCCOCCN3CC(COCCOCC(=O)N[C@](C=O)(CN4C[C@H](O)C[C@H]4C(=O)NCc4ccc(C5SCNC5C)cc4)C(C)(C)C)NN3)C2)N2NCCC2N1. The second-order valence-electron chi connectivity index (χ2n) is 22.6. The minimum atomic E-state index is -1.35. The number of β-amino-alcohol motifs (C(OH)–C–C–N with tert-alkyl or cyclic N) is 1. The zero-order valence-electron chi connectivity index (χ0n) is 45.5. The number of benzene rings is 1. The van der Waals surface area contributed by atoms with E-state index in [0.717, 1.165) is 56.2 Å². The average molecular weight is 1060 g/mol. The Hall–Kier alpha value is -2.42. The molecule has 1 aliphatic carbocycles. The van der Waals surface area contributed by atoms with Crippen LogP contribution in [0.5, 0.6) is 0 Å². The smallest absolute Gasteiger partial charge is 0.246 e. The predicted octanol–water partition coefficient (Wildman–Crippen LogP) is 1.33. The Morgan fingerprint density at radius 2 is 1.72 bits per heavy atom. The van der Waals surface area contributed by atoms with Crippen molar-refractivity contribution in [2.24, 2.45) is 17.3 Å². The van der Waals surface area contributed by atoms with Crippen LogP contribution in [0.3, 0.4) is 0 Å². The standard InChI is InChI=1S/C53H94N12O8S/c1-7-40(8-2)45-27-48(65-47(59-45)15-16-57-65)58-42-14-11-39(25-42)28-54-17-19-70-21-22-71-20-18-64-30-43(61-62-64)32-72-23-24-73-33-49(68)60-53(35-66,52(4,5)6)34-63-31-44(67)26-46(63)51(69)55-29-38-9-12-41(13-10-38)50-37(3)56-36-74-50/h9-10,12-13,35,37,39-40,42-48,50,54,56-59,61-62,67H,7-8,11,14-34,36H2,1-6H3,(H,55,69)(H,60,68)/t37?,39?,42-,43?,44+,45?,46-,47?,48?,50?,53-/m0/s1. The summed E-state index contributed by atoms with van der Waals surface area (Å²) in [5.41, 5.74) is 10.2.